The number of aromatic hydroxyl groups is 1. The summed E-state index contributed by atoms with van der Waals surface area (Å²) in [5, 5.41) is 9.93. The van der Waals surface area contributed by atoms with Gasteiger partial charge in [-0.25, -0.2) is 0 Å². The quantitative estimate of drug-likeness (QED) is 0.852. The van der Waals surface area contributed by atoms with Crippen LogP contribution in [0, 0.1) is 0 Å². The van der Waals surface area contributed by atoms with Crippen LogP contribution < -0.4 is 0 Å². The van der Waals surface area contributed by atoms with E-state index in [0.717, 1.165) is 25.7 Å². The molecule has 1 saturated carbocycles. The van der Waals surface area contributed by atoms with Crippen molar-refractivity contribution >= 4 is 11.7 Å². The highest BCUT2D eigenvalue weighted by molar-refractivity contribution is 6.00. The average molecular weight is 317 g/mol. The Bertz CT molecular complexity index is 614. The Hall–Kier alpha value is -1.88. The lowest BCUT2D eigenvalue weighted by Gasteiger charge is -2.45. The molecule has 1 aromatic carbocycles. The predicted octanol–water partition coefficient (Wildman–Crippen LogP) is 2.77. The molecule has 1 aliphatic heterocycles. The van der Waals surface area contributed by atoms with Crippen molar-refractivity contribution in [2.24, 2.45) is 0 Å². The maximum atomic E-state index is 12.7. The number of carbonyl (C=O) groups excluding carboxylic acids is 2. The number of hydrogen-bond acceptors (Lipinski definition) is 4. The van der Waals surface area contributed by atoms with E-state index in [4.69, 9.17) is 4.74 Å². The third-order valence-electron chi connectivity index (χ3n) is 4.92. The van der Waals surface area contributed by atoms with Crippen molar-refractivity contribution in [3.05, 3.63) is 29.3 Å². The lowest BCUT2D eigenvalue weighted by molar-refractivity contribution is -0.117. The molecule has 1 spiro atoms. The molecule has 2 aliphatic rings. The van der Waals surface area contributed by atoms with E-state index in [9.17, 15) is 14.7 Å². The number of Topliss-reactive ketones (excluding diaryl/α,β-unsaturated/α-hetero) is 1. The van der Waals surface area contributed by atoms with Crippen molar-refractivity contribution < 1.29 is 19.4 Å². The Labute approximate surface area is 136 Å². The zero-order valence-corrected chi connectivity index (χ0v) is 13.5. The second kappa shape index (κ2) is 6.32. The Morgan fingerprint density at radius 1 is 1.22 bits per heavy atom. The fourth-order valence-electron chi connectivity index (χ4n) is 3.66. The molecule has 1 saturated heterocycles. The molecular formula is C18H23NO4. The normalized spacial score (nSPS) is 20.5. The summed E-state index contributed by atoms with van der Waals surface area (Å²) in [6.45, 7) is 3.13. The number of amides is 1. The minimum Gasteiger partial charge on any atom is -0.507 e. The molecule has 3 rings (SSSR count). The van der Waals surface area contributed by atoms with Gasteiger partial charge in [0.1, 0.15) is 5.75 Å². The van der Waals surface area contributed by atoms with Gasteiger partial charge in [-0.3, -0.25) is 9.59 Å². The molecule has 1 heterocycles. The van der Waals surface area contributed by atoms with Gasteiger partial charge in [0.15, 0.2) is 5.78 Å². The van der Waals surface area contributed by atoms with Crippen LogP contribution in [0.3, 0.4) is 0 Å². The number of ketones is 1. The molecule has 1 aromatic rings. The number of hydrogen-bond donors (Lipinski definition) is 1. The van der Waals surface area contributed by atoms with Crippen LogP contribution in [0.4, 0.5) is 0 Å². The van der Waals surface area contributed by atoms with Crippen molar-refractivity contribution in [3.63, 3.8) is 0 Å². The topological polar surface area (TPSA) is 66.8 Å². The second-order valence-electron chi connectivity index (χ2n) is 6.61. The number of morpholine rings is 1. The van der Waals surface area contributed by atoms with Gasteiger partial charge in [-0.1, -0.05) is 19.3 Å². The van der Waals surface area contributed by atoms with E-state index in [2.05, 4.69) is 0 Å². The van der Waals surface area contributed by atoms with Gasteiger partial charge in [0.25, 0.3) is 5.91 Å². The highest BCUT2D eigenvalue weighted by Crippen LogP contribution is 2.35. The molecule has 1 aliphatic carbocycles. The van der Waals surface area contributed by atoms with Crippen LogP contribution >= 0.6 is 0 Å². The summed E-state index contributed by atoms with van der Waals surface area (Å²) in [6.07, 6.45) is 5.54. The highest BCUT2D eigenvalue weighted by Gasteiger charge is 2.39. The number of carbonyl (C=O) groups is 2. The molecule has 0 radical (unpaired) electrons. The summed E-state index contributed by atoms with van der Waals surface area (Å²) in [4.78, 5) is 25.9. The van der Waals surface area contributed by atoms with Crippen molar-refractivity contribution in [1.29, 1.82) is 0 Å². The molecule has 0 bridgehead atoms. The van der Waals surface area contributed by atoms with E-state index < -0.39 is 0 Å². The van der Waals surface area contributed by atoms with Crippen molar-refractivity contribution in [1.82, 2.24) is 4.90 Å². The maximum Gasteiger partial charge on any atom is 0.254 e. The molecule has 2 fully saturated rings. The van der Waals surface area contributed by atoms with Gasteiger partial charge in [0.2, 0.25) is 0 Å². The lowest BCUT2D eigenvalue weighted by atomic mass is 9.83. The fourth-order valence-corrected chi connectivity index (χ4v) is 3.66. The van der Waals surface area contributed by atoms with Crippen LogP contribution in [0.15, 0.2) is 18.2 Å². The van der Waals surface area contributed by atoms with Crippen LogP contribution in [-0.4, -0.2) is 47.0 Å². The van der Waals surface area contributed by atoms with Crippen molar-refractivity contribution in [3.8, 4) is 5.75 Å². The van der Waals surface area contributed by atoms with Gasteiger partial charge < -0.3 is 14.7 Å². The summed E-state index contributed by atoms with van der Waals surface area (Å²) < 4.78 is 6.01. The molecule has 5 heteroatoms. The summed E-state index contributed by atoms with van der Waals surface area (Å²) in [5.41, 5.74) is 0.473. The Morgan fingerprint density at radius 3 is 2.61 bits per heavy atom. The fraction of sp³-hybridized carbons (Fsp3) is 0.556. The largest absolute Gasteiger partial charge is 0.507 e. The van der Waals surface area contributed by atoms with E-state index in [1.54, 1.807) is 6.07 Å². The van der Waals surface area contributed by atoms with Crippen LogP contribution in [0.1, 0.15) is 59.7 Å². The van der Waals surface area contributed by atoms with Gasteiger partial charge in [0, 0.05) is 12.1 Å². The third-order valence-corrected chi connectivity index (χ3v) is 4.92. The standard InChI is InChI=1S/C18H23NO4/c1-13(20)15-6-5-14(11-16(15)21)17(22)19-9-10-23-18(12-19)7-3-2-4-8-18/h5-6,11,21H,2-4,7-10,12H2,1H3. The Morgan fingerprint density at radius 2 is 1.96 bits per heavy atom. The predicted molar refractivity (Wildman–Crippen MR) is 85.8 cm³/mol. The first kappa shape index (κ1) is 16.0. The van der Waals surface area contributed by atoms with E-state index in [1.165, 1.54) is 25.5 Å². The molecular weight excluding hydrogens is 294 g/mol. The molecule has 0 unspecified atom stereocenters. The molecule has 1 amide bonds. The van der Waals surface area contributed by atoms with Gasteiger partial charge in [-0.2, -0.15) is 0 Å². The average Bonchev–Trinajstić information content (AvgIpc) is 2.54. The monoisotopic (exact) mass is 317 g/mol. The van der Waals surface area contributed by atoms with Crippen LogP contribution in [0.5, 0.6) is 5.75 Å². The maximum absolute atomic E-state index is 12.7. The first-order valence-corrected chi connectivity index (χ1v) is 8.28. The number of rotatable bonds is 2. The number of ether oxygens (including phenoxy) is 1. The summed E-state index contributed by atoms with van der Waals surface area (Å²) in [7, 11) is 0. The highest BCUT2D eigenvalue weighted by atomic mass is 16.5. The lowest BCUT2D eigenvalue weighted by Crippen LogP contribution is -2.54. The minimum absolute atomic E-state index is 0.108. The third kappa shape index (κ3) is 3.24. The van der Waals surface area contributed by atoms with Gasteiger partial charge in [-0.05, 0) is 38.0 Å². The number of nitrogens with zero attached hydrogens (tertiary/aromatic N) is 1. The molecule has 1 N–H and O–H groups in total. The second-order valence-corrected chi connectivity index (χ2v) is 6.61. The van der Waals surface area contributed by atoms with Crippen LogP contribution in [0.2, 0.25) is 0 Å². The summed E-state index contributed by atoms with van der Waals surface area (Å²) in [5.74, 6) is -0.457. The van der Waals surface area contributed by atoms with E-state index in [0.29, 0.717) is 25.3 Å². The van der Waals surface area contributed by atoms with E-state index in [-0.39, 0.29) is 28.6 Å². The zero-order valence-electron chi connectivity index (χ0n) is 13.5. The summed E-state index contributed by atoms with van der Waals surface area (Å²) >= 11 is 0. The first-order valence-electron chi connectivity index (χ1n) is 8.28. The molecule has 5 nitrogen and oxygen atoms in total. The molecule has 0 aromatic heterocycles. The number of phenols is 1. The van der Waals surface area contributed by atoms with E-state index in [1.807, 2.05) is 4.90 Å². The van der Waals surface area contributed by atoms with Gasteiger partial charge >= 0.3 is 0 Å². The van der Waals surface area contributed by atoms with Crippen molar-refractivity contribution in [2.75, 3.05) is 19.7 Å². The van der Waals surface area contributed by atoms with Crippen molar-refractivity contribution in [2.45, 2.75) is 44.6 Å². The van der Waals surface area contributed by atoms with Crippen LogP contribution in [0.25, 0.3) is 0 Å². The first-order chi connectivity index (χ1) is 11.0. The van der Waals surface area contributed by atoms with Gasteiger partial charge in [0.05, 0.1) is 24.3 Å². The Kier molecular flexibility index (Phi) is 4.39. The molecule has 23 heavy (non-hydrogen) atoms. The smallest absolute Gasteiger partial charge is 0.254 e. The molecule has 124 valence electrons. The summed E-state index contributed by atoms with van der Waals surface area (Å²) in [6, 6.07) is 4.52. The molecule has 0 atom stereocenters. The minimum atomic E-state index is -0.214. The SMILES string of the molecule is CC(=O)c1ccc(C(=O)N2CCOC3(CCCCC3)C2)cc1O. The number of benzene rings is 1. The van der Waals surface area contributed by atoms with E-state index >= 15 is 0 Å². The van der Waals surface area contributed by atoms with Gasteiger partial charge in [-0.15, -0.1) is 0 Å². The van der Waals surface area contributed by atoms with Crippen LogP contribution in [-0.2, 0) is 4.74 Å². The number of phenolic OH excluding ortho intramolecular Hbond substituents is 1. The zero-order chi connectivity index (χ0) is 16.4. The Balaban J connectivity index is 1.77.